The Labute approximate surface area is 235 Å². The summed E-state index contributed by atoms with van der Waals surface area (Å²) < 4.78 is 15.1. The number of rotatable bonds is 5. The van der Waals surface area contributed by atoms with Gasteiger partial charge in [0, 0.05) is 32.4 Å². The second-order valence-electron chi connectivity index (χ2n) is 9.76. The Kier molecular flexibility index (Phi) is 7.35. The molecule has 3 aromatic rings. The first-order valence-corrected chi connectivity index (χ1v) is 13.1. The molecule has 0 saturated carbocycles. The largest absolute Gasteiger partial charge is 0.507 e. The number of hydrogen-bond acceptors (Lipinski definition) is 8. The first-order valence-electron chi connectivity index (χ1n) is 12.7. The van der Waals surface area contributed by atoms with Gasteiger partial charge in [-0.25, -0.2) is 9.37 Å². The summed E-state index contributed by atoms with van der Waals surface area (Å²) in [5.74, 6) is -0.982. The number of carbonyl (C=O) groups is 1. The summed E-state index contributed by atoms with van der Waals surface area (Å²) >= 11 is 6.85. The first kappa shape index (κ1) is 27.4. The van der Waals surface area contributed by atoms with Crippen LogP contribution in [0.15, 0.2) is 43.1 Å². The van der Waals surface area contributed by atoms with Gasteiger partial charge < -0.3 is 30.6 Å². The van der Waals surface area contributed by atoms with Gasteiger partial charge in [-0.3, -0.25) is 15.2 Å². The number of phenolic OH excluding ortho intramolecular Hbond substituents is 1. The number of aliphatic hydroxyl groups is 1. The van der Waals surface area contributed by atoms with Gasteiger partial charge in [0.1, 0.15) is 28.9 Å². The number of halogens is 2. The van der Waals surface area contributed by atoms with Crippen LogP contribution in [-0.2, 0) is 4.79 Å². The minimum Gasteiger partial charge on any atom is -0.507 e. The molecule has 12 heteroatoms. The predicted molar refractivity (Wildman–Crippen MR) is 152 cm³/mol. The fourth-order valence-electron chi connectivity index (χ4n) is 5.16. The van der Waals surface area contributed by atoms with Gasteiger partial charge >= 0.3 is 0 Å². The summed E-state index contributed by atoms with van der Waals surface area (Å²) in [5.41, 5.74) is 2.05. The number of amidine groups is 1. The van der Waals surface area contributed by atoms with Gasteiger partial charge in [-0.15, -0.1) is 0 Å². The number of aromatic nitrogens is 2. The van der Waals surface area contributed by atoms with Crippen LogP contribution in [0.3, 0.4) is 0 Å². The van der Waals surface area contributed by atoms with E-state index in [0.717, 1.165) is 5.56 Å². The molecule has 208 valence electrons. The Morgan fingerprint density at radius 3 is 2.83 bits per heavy atom. The number of phenols is 1. The van der Waals surface area contributed by atoms with Crippen molar-refractivity contribution < 1.29 is 19.4 Å². The zero-order valence-corrected chi connectivity index (χ0v) is 22.8. The van der Waals surface area contributed by atoms with Crippen LogP contribution in [0.5, 0.6) is 5.75 Å². The SMILES string of the molecule is C=CC(=O)N1CCN2C(=N)c3c(Nc4c(C)ccnc4C(C)O)nc(-c4c(O)cccc4F)c(Cl)c3NCC2C1. The molecule has 5 N–H and O–H groups in total. The number of carbonyl (C=O) groups excluding carboxylic acids is 1. The van der Waals surface area contributed by atoms with Crippen molar-refractivity contribution in [2.45, 2.75) is 26.0 Å². The van der Waals surface area contributed by atoms with Gasteiger partial charge in [-0.1, -0.05) is 24.2 Å². The molecule has 4 heterocycles. The number of piperazine rings is 1. The zero-order valence-electron chi connectivity index (χ0n) is 22.0. The summed E-state index contributed by atoms with van der Waals surface area (Å²) in [7, 11) is 0. The molecule has 0 radical (unpaired) electrons. The van der Waals surface area contributed by atoms with Gasteiger partial charge in [-0.05, 0) is 43.7 Å². The van der Waals surface area contributed by atoms with Gasteiger partial charge in [0.25, 0.3) is 0 Å². The zero-order chi connectivity index (χ0) is 28.7. The normalized spacial score (nSPS) is 17.3. The number of amides is 1. The van der Waals surface area contributed by atoms with E-state index < -0.39 is 11.9 Å². The van der Waals surface area contributed by atoms with E-state index in [1.807, 2.05) is 11.8 Å². The van der Waals surface area contributed by atoms with Gasteiger partial charge in [-0.2, -0.15) is 0 Å². The molecule has 5 rings (SSSR count). The topological polar surface area (TPSA) is 138 Å². The van der Waals surface area contributed by atoms with Gasteiger partial charge in [0.05, 0.1) is 45.4 Å². The lowest BCUT2D eigenvalue weighted by Gasteiger charge is -2.41. The minimum atomic E-state index is -0.916. The van der Waals surface area contributed by atoms with E-state index in [0.29, 0.717) is 48.8 Å². The molecule has 0 bridgehead atoms. The molecule has 2 aliphatic rings. The number of anilines is 3. The Balaban J connectivity index is 1.70. The number of benzene rings is 1. The average Bonchev–Trinajstić information content (AvgIpc) is 3.07. The highest BCUT2D eigenvalue weighted by Gasteiger charge is 2.37. The fraction of sp³-hybridized carbons (Fsp3) is 0.286. The third-order valence-electron chi connectivity index (χ3n) is 7.20. The quantitative estimate of drug-likeness (QED) is 0.290. The number of aromatic hydroxyl groups is 1. The van der Waals surface area contributed by atoms with E-state index in [2.05, 4.69) is 27.2 Å². The molecule has 2 atom stereocenters. The molecule has 10 nitrogen and oxygen atoms in total. The van der Waals surface area contributed by atoms with Crippen LogP contribution < -0.4 is 10.6 Å². The predicted octanol–water partition coefficient (Wildman–Crippen LogP) is 4.20. The number of aliphatic hydroxyl groups excluding tert-OH is 1. The third-order valence-corrected chi connectivity index (χ3v) is 7.57. The van der Waals surface area contributed by atoms with Crippen molar-refractivity contribution in [3.05, 3.63) is 70.8 Å². The van der Waals surface area contributed by atoms with Crippen molar-refractivity contribution in [1.82, 2.24) is 19.8 Å². The van der Waals surface area contributed by atoms with Crippen LogP contribution in [0.2, 0.25) is 5.02 Å². The molecule has 2 unspecified atom stereocenters. The molecule has 2 aromatic heterocycles. The maximum atomic E-state index is 15.1. The van der Waals surface area contributed by atoms with Gasteiger partial charge in [0.2, 0.25) is 5.91 Å². The number of pyridine rings is 2. The van der Waals surface area contributed by atoms with E-state index in [1.165, 1.54) is 24.3 Å². The Bertz CT molecular complexity index is 1510. The van der Waals surface area contributed by atoms with Crippen LogP contribution in [0.25, 0.3) is 11.3 Å². The van der Waals surface area contributed by atoms with Crippen molar-refractivity contribution in [3.8, 4) is 17.0 Å². The molecule has 1 saturated heterocycles. The highest BCUT2D eigenvalue weighted by Crippen LogP contribution is 2.44. The average molecular weight is 566 g/mol. The monoisotopic (exact) mass is 565 g/mol. The van der Waals surface area contributed by atoms with E-state index >= 15 is 4.39 Å². The van der Waals surface area contributed by atoms with Crippen LogP contribution in [0, 0.1) is 18.2 Å². The van der Waals surface area contributed by atoms with Gasteiger partial charge in [0.15, 0.2) is 0 Å². The third kappa shape index (κ3) is 4.71. The lowest BCUT2D eigenvalue weighted by atomic mass is 10.0. The molecule has 1 fully saturated rings. The summed E-state index contributed by atoms with van der Waals surface area (Å²) in [6, 6.07) is 5.42. The number of fused-ring (bicyclic) bond motifs is 2. The standard InChI is InChI=1S/C28H29ClFN7O3/c1-4-19(40)36-10-11-37-16(13-36)12-33-25-21(27(37)31)28(34-23-14(2)8-9-32-24(23)15(3)38)35-26(22(25)29)20-17(30)6-5-7-18(20)39/h4-9,15-16,31,33,38-39H,1,10-13H2,2-3H3,(H,34,35). The Morgan fingerprint density at radius 2 is 2.12 bits per heavy atom. The lowest BCUT2D eigenvalue weighted by molar-refractivity contribution is -0.128. The molecule has 0 aliphatic carbocycles. The number of nitrogens with one attached hydrogen (secondary N) is 3. The molecule has 0 spiro atoms. The van der Waals surface area contributed by atoms with E-state index in [1.54, 1.807) is 24.1 Å². The molecular weight excluding hydrogens is 537 g/mol. The molecule has 2 aliphatic heterocycles. The fourth-order valence-corrected chi connectivity index (χ4v) is 5.46. The van der Waals surface area contributed by atoms with E-state index in [4.69, 9.17) is 11.6 Å². The molecule has 1 amide bonds. The first-order chi connectivity index (χ1) is 19.1. The molecular formula is C28H29ClFN7O3. The highest BCUT2D eigenvalue weighted by atomic mass is 35.5. The van der Waals surface area contributed by atoms with Crippen LogP contribution in [0.1, 0.15) is 29.8 Å². The summed E-state index contributed by atoms with van der Waals surface area (Å²) in [6.45, 7) is 8.48. The van der Waals surface area contributed by atoms with Crippen molar-refractivity contribution in [3.63, 3.8) is 0 Å². The maximum Gasteiger partial charge on any atom is 0.246 e. The summed E-state index contributed by atoms with van der Waals surface area (Å²) in [4.78, 5) is 24.8. The lowest BCUT2D eigenvalue weighted by Crippen LogP contribution is -2.57. The summed E-state index contributed by atoms with van der Waals surface area (Å²) in [5, 5.41) is 36.8. The molecule has 40 heavy (non-hydrogen) atoms. The minimum absolute atomic E-state index is 0.0257. The Morgan fingerprint density at radius 1 is 1.35 bits per heavy atom. The molecule has 1 aromatic carbocycles. The van der Waals surface area contributed by atoms with E-state index in [9.17, 15) is 20.4 Å². The second-order valence-corrected chi connectivity index (χ2v) is 10.1. The number of hydrogen-bond donors (Lipinski definition) is 5. The van der Waals surface area contributed by atoms with Crippen molar-refractivity contribution in [2.75, 3.05) is 36.8 Å². The number of nitrogens with zero attached hydrogens (tertiary/aromatic N) is 4. The maximum absolute atomic E-state index is 15.1. The highest BCUT2D eigenvalue weighted by molar-refractivity contribution is 6.37. The van der Waals surface area contributed by atoms with Crippen LogP contribution in [0.4, 0.5) is 21.6 Å². The van der Waals surface area contributed by atoms with Crippen LogP contribution in [-0.4, -0.2) is 73.9 Å². The van der Waals surface area contributed by atoms with Crippen molar-refractivity contribution >= 4 is 40.5 Å². The Hall–Kier alpha value is -4.22. The van der Waals surface area contributed by atoms with Crippen molar-refractivity contribution in [2.24, 2.45) is 0 Å². The van der Waals surface area contributed by atoms with E-state index in [-0.39, 0.29) is 45.6 Å². The van der Waals surface area contributed by atoms with Crippen LogP contribution >= 0.6 is 11.6 Å². The second kappa shape index (κ2) is 10.7. The smallest absolute Gasteiger partial charge is 0.246 e. The number of aryl methyl sites for hydroxylation is 1. The van der Waals surface area contributed by atoms with Crippen molar-refractivity contribution in [1.29, 1.82) is 5.41 Å². The summed E-state index contributed by atoms with van der Waals surface area (Å²) in [6.07, 6.45) is 1.94.